The lowest BCUT2D eigenvalue weighted by atomic mass is 10.1. The fourth-order valence-corrected chi connectivity index (χ4v) is 3.11. The van der Waals surface area contributed by atoms with Crippen molar-refractivity contribution < 1.29 is 18.3 Å². The van der Waals surface area contributed by atoms with Crippen molar-refractivity contribution >= 4 is 44.8 Å². The van der Waals surface area contributed by atoms with Crippen LogP contribution in [0.25, 0.3) is 0 Å². The number of methoxy groups -OCH3 is 1. The zero-order valence-corrected chi connectivity index (χ0v) is 18.9. The van der Waals surface area contributed by atoms with Crippen LogP contribution in [0.15, 0.2) is 6.20 Å². The van der Waals surface area contributed by atoms with Crippen molar-refractivity contribution in [2.24, 2.45) is 0 Å². The van der Waals surface area contributed by atoms with E-state index >= 15 is 0 Å². The Morgan fingerprint density at radius 3 is 2.08 bits per heavy atom. The molecule has 0 saturated carbocycles. The molecule has 1 rings (SSSR count). The molecule has 0 aliphatic rings. The lowest BCUT2D eigenvalue weighted by Crippen LogP contribution is -2.21. The number of aryl methyl sites for hydroxylation is 1. The summed E-state index contributed by atoms with van der Waals surface area (Å²) < 4.78 is 27.3. The molecular formula is C15H31I2N2O4P. The van der Waals surface area contributed by atoms with Crippen LogP contribution in [0.5, 0.6) is 5.75 Å². The largest absolute Gasteiger partial charge is 0.495 e. The molecule has 1 aromatic heterocycles. The van der Waals surface area contributed by atoms with E-state index in [1.165, 1.54) is 14.2 Å². The number of ether oxygens (including phenoxy) is 1. The van der Waals surface area contributed by atoms with E-state index in [1.54, 1.807) is 7.11 Å². The molecular weight excluding hydrogens is 557 g/mol. The smallest absolute Gasteiger partial charge is 0.344 e. The van der Waals surface area contributed by atoms with Crippen molar-refractivity contribution in [2.45, 2.75) is 35.2 Å². The topological polar surface area (TPSA) is 60.9 Å². The molecule has 0 radical (unpaired) electrons. The Kier molecular flexibility index (Phi) is 17.9. The fourth-order valence-electron chi connectivity index (χ4n) is 2.03. The Hall–Kier alpha value is 0.520. The Bertz CT molecular complexity index is 510. The molecule has 9 heteroatoms. The fraction of sp³-hybridized carbons (Fsp3) is 0.667. The maximum atomic E-state index is 12.1. The van der Waals surface area contributed by atoms with Gasteiger partial charge in [-0.15, -0.1) is 0 Å². The Morgan fingerprint density at radius 1 is 1.17 bits per heavy atom. The highest BCUT2D eigenvalue weighted by Gasteiger charge is 2.24. The van der Waals surface area contributed by atoms with Gasteiger partial charge in [0.25, 0.3) is 0 Å². The van der Waals surface area contributed by atoms with Crippen molar-refractivity contribution in [1.82, 2.24) is 9.88 Å². The Labute approximate surface area is 170 Å². The Balaban J connectivity index is -0.00000106. The minimum Gasteiger partial charge on any atom is -0.495 e. The first-order chi connectivity index (χ1) is 10.4. The summed E-state index contributed by atoms with van der Waals surface area (Å²) in [4.78, 5) is 6.20. The summed E-state index contributed by atoms with van der Waals surface area (Å²) in [5, 5.41) is 0. The molecule has 24 heavy (non-hydrogen) atoms. The van der Waals surface area contributed by atoms with Crippen molar-refractivity contribution in [2.75, 3.05) is 34.7 Å². The minimum atomic E-state index is -3.04. The number of aromatic nitrogens is 1. The summed E-state index contributed by atoms with van der Waals surface area (Å²) in [6.45, 7) is 4.48. The van der Waals surface area contributed by atoms with Gasteiger partial charge < -0.3 is 13.8 Å². The van der Waals surface area contributed by atoms with E-state index in [4.69, 9.17) is 13.8 Å². The van der Waals surface area contributed by atoms with E-state index in [-0.39, 0.29) is 21.1 Å². The van der Waals surface area contributed by atoms with Crippen LogP contribution < -0.4 is 4.74 Å². The quantitative estimate of drug-likeness (QED) is 0.305. The van der Waals surface area contributed by atoms with Gasteiger partial charge in [-0.1, -0.05) is 14.9 Å². The molecule has 0 aliphatic carbocycles. The van der Waals surface area contributed by atoms with Crippen LogP contribution in [0.1, 0.15) is 31.7 Å². The molecule has 0 aromatic carbocycles. The third-order valence-corrected chi connectivity index (χ3v) is 5.12. The van der Waals surface area contributed by atoms with Gasteiger partial charge in [-0.3, -0.25) is 14.4 Å². The van der Waals surface area contributed by atoms with Crippen LogP contribution in [0.4, 0.5) is 0 Å². The van der Waals surface area contributed by atoms with E-state index in [0.29, 0.717) is 6.54 Å². The molecule has 0 saturated heterocycles. The van der Waals surface area contributed by atoms with Crippen molar-refractivity contribution in [1.29, 1.82) is 0 Å². The first-order valence-corrected chi connectivity index (χ1v) is 14.4. The van der Waals surface area contributed by atoms with Gasteiger partial charge in [0.05, 0.1) is 12.8 Å². The summed E-state index contributed by atoms with van der Waals surface area (Å²) in [5.74, 6) is 0.789. The molecule has 0 spiro atoms. The van der Waals surface area contributed by atoms with Gasteiger partial charge in [-0.2, -0.15) is 0 Å². The predicted octanol–water partition coefficient (Wildman–Crippen LogP) is 5.63. The summed E-state index contributed by atoms with van der Waals surface area (Å²) >= 11 is 4.24. The van der Waals surface area contributed by atoms with Gasteiger partial charge in [0.15, 0.2) is 0 Å². The average molecular weight is 588 g/mol. The first-order valence-electron chi connectivity index (χ1n) is 6.39. The van der Waals surface area contributed by atoms with E-state index in [9.17, 15) is 4.57 Å². The van der Waals surface area contributed by atoms with Crippen molar-refractivity contribution in [3.8, 4) is 5.75 Å². The number of halogens is 2. The van der Waals surface area contributed by atoms with Crippen LogP contribution in [0, 0.1) is 13.8 Å². The third-order valence-electron chi connectivity index (χ3n) is 3.18. The zero-order chi connectivity index (χ0) is 17.3. The molecule has 144 valence electrons. The van der Waals surface area contributed by atoms with Crippen LogP contribution in [-0.4, -0.2) is 44.5 Å². The summed E-state index contributed by atoms with van der Waals surface area (Å²) in [6.07, 6.45) is 2.03. The predicted molar refractivity (Wildman–Crippen MR) is 120 cm³/mol. The van der Waals surface area contributed by atoms with Crippen LogP contribution in [0.2, 0.25) is 0 Å². The highest BCUT2D eigenvalue weighted by Crippen LogP contribution is 2.46. The monoisotopic (exact) mass is 588 g/mol. The third kappa shape index (κ3) is 8.75. The average Bonchev–Trinajstić information content (AvgIpc) is 2.52. The van der Waals surface area contributed by atoms with Crippen molar-refractivity contribution in [3.63, 3.8) is 0 Å². The molecule has 0 atom stereocenters. The minimum absolute atomic E-state index is 0. The van der Waals surface area contributed by atoms with Gasteiger partial charge in [-0.25, -0.2) is 0 Å². The lowest BCUT2D eigenvalue weighted by molar-refractivity contribution is 0.247. The summed E-state index contributed by atoms with van der Waals surface area (Å²) in [6, 6.07) is 0. The van der Waals surface area contributed by atoms with Gasteiger partial charge in [-0.05, 0) is 32.0 Å². The number of rotatable bonds is 7. The first kappa shape index (κ1) is 29.3. The molecule has 0 bridgehead atoms. The molecule has 1 aromatic rings. The molecule has 1 heterocycles. The SMILES string of the molecule is C.C.COc1c(C)ncc(CN(C)CP(=O)(OC)OC)c1C.II. The Morgan fingerprint density at radius 2 is 1.67 bits per heavy atom. The van der Waals surface area contributed by atoms with E-state index in [1.807, 2.05) is 32.0 Å². The highest BCUT2D eigenvalue weighted by atomic mass is 128. The second-order valence-electron chi connectivity index (χ2n) is 4.66. The molecule has 0 unspecified atom stereocenters. The standard InChI is InChI=1S/C13H23N2O4P.2CH4.I2/c1-10-12(7-14-11(2)13(10)17-4)8-15(3)9-20(16,18-5)19-6;;;1-2/h7H,8-9H2,1-6H3;2*1H4;. The second kappa shape index (κ2) is 14.7. The maximum Gasteiger partial charge on any atom is 0.344 e. The van der Waals surface area contributed by atoms with Gasteiger partial charge in [0.2, 0.25) is 0 Å². The zero-order valence-electron chi connectivity index (χ0n) is 13.7. The molecule has 0 aliphatic heterocycles. The maximum absolute atomic E-state index is 12.1. The second-order valence-corrected chi connectivity index (χ2v) is 6.89. The van der Waals surface area contributed by atoms with E-state index in [0.717, 1.165) is 22.6 Å². The normalized spacial score (nSPS) is 10.2. The van der Waals surface area contributed by atoms with Gasteiger partial charge in [0.1, 0.15) is 12.0 Å². The van der Waals surface area contributed by atoms with Crippen LogP contribution in [-0.2, 0) is 20.2 Å². The lowest BCUT2D eigenvalue weighted by Gasteiger charge is -2.22. The number of hydrogen-bond acceptors (Lipinski definition) is 6. The highest BCUT2D eigenvalue weighted by molar-refractivity contribution is 15.0. The van der Waals surface area contributed by atoms with Crippen molar-refractivity contribution in [3.05, 3.63) is 23.0 Å². The molecule has 0 amide bonds. The van der Waals surface area contributed by atoms with Gasteiger partial charge in [0, 0.05) is 64.2 Å². The molecule has 0 N–H and O–H groups in total. The molecule has 0 fully saturated rings. The summed E-state index contributed by atoms with van der Waals surface area (Å²) in [5.41, 5.74) is 2.92. The number of hydrogen-bond donors (Lipinski definition) is 0. The number of nitrogens with zero attached hydrogens (tertiary/aromatic N) is 2. The number of pyridine rings is 1. The van der Waals surface area contributed by atoms with Crippen LogP contribution >= 0.6 is 44.8 Å². The van der Waals surface area contributed by atoms with E-state index < -0.39 is 7.60 Å². The van der Waals surface area contributed by atoms with E-state index in [2.05, 4.69) is 42.2 Å². The van der Waals surface area contributed by atoms with Crippen LogP contribution in [0.3, 0.4) is 0 Å². The molecule has 6 nitrogen and oxygen atoms in total. The van der Waals surface area contributed by atoms with Gasteiger partial charge >= 0.3 is 7.60 Å². The summed E-state index contributed by atoms with van der Waals surface area (Å²) in [7, 11) is 3.23.